The molecule has 2 N–H and O–H groups in total. The van der Waals surface area contributed by atoms with Gasteiger partial charge in [-0.1, -0.05) is 33.1 Å². The van der Waals surface area contributed by atoms with Crippen molar-refractivity contribution in [2.24, 2.45) is 17.8 Å². The van der Waals surface area contributed by atoms with E-state index in [4.69, 9.17) is 4.74 Å². The van der Waals surface area contributed by atoms with Gasteiger partial charge >= 0.3 is 6.09 Å². The quantitative estimate of drug-likeness (QED) is 0.777. The van der Waals surface area contributed by atoms with Gasteiger partial charge in [-0.2, -0.15) is 0 Å². The van der Waals surface area contributed by atoms with Crippen molar-refractivity contribution in [2.45, 2.75) is 97.2 Å². The number of nitrogens with one attached hydrogen (secondary N) is 2. The SMILES string of the molecule is CCC1CCC(NC2CCCCC2CNC(=O)OC(C)(C)C)C1C. The number of alkyl carbamates (subject to hydrolysis) is 1. The molecule has 0 aromatic carbocycles. The molecule has 4 nitrogen and oxygen atoms in total. The van der Waals surface area contributed by atoms with Crippen LogP contribution in [0.2, 0.25) is 0 Å². The Morgan fingerprint density at radius 1 is 1.04 bits per heavy atom. The smallest absolute Gasteiger partial charge is 0.407 e. The van der Waals surface area contributed by atoms with Gasteiger partial charge in [-0.25, -0.2) is 4.79 Å². The minimum atomic E-state index is -0.428. The van der Waals surface area contributed by atoms with Gasteiger partial charge in [0.25, 0.3) is 0 Å². The zero-order chi connectivity index (χ0) is 17.7. The van der Waals surface area contributed by atoms with E-state index in [2.05, 4.69) is 24.5 Å². The summed E-state index contributed by atoms with van der Waals surface area (Å²) in [6.07, 6.45) is 8.70. The molecule has 1 amide bonds. The molecule has 2 aliphatic carbocycles. The average molecular weight is 339 g/mol. The van der Waals surface area contributed by atoms with Crippen molar-refractivity contribution in [2.75, 3.05) is 6.54 Å². The van der Waals surface area contributed by atoms with Crippen molar-refractivity contribution >= 4 is 6.09 Å². The van der Waals surface area contributed by atoms with E-state index in [1.54, 1.807) is 0 Å². The van der Waals surface area contributed by atoms with E-state index in [9.17, 15) is 4.79 Å². The molecule has 0 heterocycles. The number of rotatable bonds is 5. The lowest BCUT2D eigenvalue weighted by atomic mass is 9.83. The second-order valence-electron chi connectivity index (χ2n) is 8.91. The Kier molecular flexibility index (Phi) is 6.97. The van der Waals surface area contributed by atoms with E-state index in [1.807, 2.05) is 20.8 Å². The monoisotopic (exact) mass is 338 g/mol. The maximum atomic E-state index is 11.9. The number of hydrogen-bond acceptors (Lipinski definition) is 3. The fourth-order valence-electron chi connectivity index (χ4n) is 4.53. The van der Waals surface area contributed by atoms with Gasteiger partial charge in [0.15, 0.2) is 0 Å². The lowest BCUT2D eigenvalue weighted by molar-refractivity contribution is 0.0509. The van der Waals surface area contributed by atoms with Crippen LogP contribution in [0.3, 0.4) is 0 Å². The summed E-state index contributed by atoms with van der Waals surface area (Å²) in [6.45, 7) is 11.2. The topological polar surface area (TPSA) is 50.4 Å². The standard InChI is InChI=1S/C20H38N2O2/c1-6-15-11-12-17(14(15)2)22-18-10-8-7-9-16(18)13-21-19(23)24-20(3,4)5/h14-18,22H,6-13H2,1-5H3,(H,21,23). The van der Waals surface area contributed by atoms with Crippen LogP contribution in [0, 0.1) is 17.8 Å². The zero-order valence-electron chi connectivity index (χ0n) is 16.4. The molecule has 0 aliphatic heterocycles. The van der Waals surface area contributed by atoms with Crippen LogP contribution >= 0.6 is 0 Å². The number of carbonyl (C=O) groups is 1. The number of amides is 1. The molecule has 2 aliphatic rings. The molecule has 0 spiro atoms. The molecule has 0 aromatic rings. The molecule has 2 saturated carbocycles. The van der Waals surface area contributed by atoms with Crippen molar-refractivity contribution in [1.29, 1.82) is 0 Å². The van der Waals surface area contributed by atoms with Crippen LogP contribution in [0.25, 0.3) is 0 Å². The summed E-state index contributed by atoms with van der Waals surface area (Å²) in [7, 11) is 0. The summed E-state index contributed by atoms with van der Waals surface area (Å²) in [5.74, 6) is 2.18. The van der Waals surface area contributed by atoms with Crippen LogP contribution in [-0.4, -0.2) is 30.3 Å². The molecule has 24 heavy (non-hydrogen) atoms. The second-order valence-corrected chi connectivity index (χ2v) is 8.91. The van der Waals surface area contributed by atoms with Crippen molar-refractivity contribution in [3.8, 4) is 0 Å². The normalized spacial score (nSPS) is 34.1. The van der Waals surface area contributed by atoms with Gasteiger partial charge in [0.05, 0.1) is 0 Å². The van der Waals surface area contributed by atoms with E-state index in [1.165, 1.54) is 44.9 Å². The van der Waals surface area contributed by atoms with Crippen LogP contribution in [0.5, 0.6) is 0 Å². The first-order valence-electron chi connectivity index (χ1n) is 10.0. The van der Waals surface area contributed by atoms with Gasteiger partial charge in [0.2, 0.25) is 0 Å². The first kappa shape index (κ1) is 19.6. The Labute approximate surface area is 148 Å². The summed E-state index contributed by atoms with van der Waals surface area (Å²) >= 11 is 0. The Morgan fingerprint density at radius 3 is 2.38 bits per heavy atom. The zero-order valence-corrected chi connectivity index (χ0v) is 16.4. The molecule has 140 valence electrons. The van der Waals surface area contributed by atoms with Crippen LogP contribution < -0.4 is 10.6 Å². The van der Waals surface area contributed by atoms with Gasteiger partial charge < -0.3 is 15.4 Å². The highest BCUT2D eigenvalue weighted by Crippen LogP contribution is 2.35. The van der Waals surface area contributed by atoms with Gasteiger partial charge in [0, 0.05) is 18.6 Å². The van der Waals surface area contributed by atoms with Gasteiger partial charge in [-0.15, -0.1) is 0 Å². The van der Waals surface area contributed by atoms with Gasteiger partial charge in [-0.3, -0.25) is 0 Å². The highest BCUT2D eigenvalue weighted by molar-refractivity contribution is 5.67. The van der Waals surface area contributed by atoms with Crippen LogP contribution in [0.15, 0.2) is 0 Å². The Hall–Kier alpha value is -0.770. The summed E-state index contributed by atoms with van der Waals surface area (Å²) < 4.78 is 5.37. The summed E-state index contributed by atoms with van der Waals surface area (Å²) in [4.78, 5) is 11.9. The summed E-state index contributed by atoms with van der Waals surface area (Å²) in [5, 5.41) is 6.96. The van der Waals surface area contributed by atoms with E-state index in [-0.39, 0.29) is 6.09 Å². The van der Waals surface area contributed by atoms with E-state index in [0.29, 0.717) is 18.0 Å². The van der Waals surface area contributed by atoms with Crippen LogP contribution in [-0.2, 0) is 4.74 Å². The molecule has 5 atom stereocenters. The maximum absolute atomic E-state index is 11.9. The van der Waals surface area contributed by atoms with E-state index in [0.717, 1.165) is 18.4 Å². The van der Waals surface area contributed by atoms with Crippen molar-refractivity contribution < 1.29 is 9.53 Å². The van der Waals surface area contributed by atoms with E-state index < -0.39 is 5.60 Å². The minimum absolute atomic E-state index is 0.285. The lowest BCUT2D eigenvalue weighted by Gasteiger charge is -2.36. The first-order valence-corrected chi connectivity index (χ1v) is 10.0. The molecule has 2 fully saturated rings. The van der Waals surface area contributed by atoms with Gasteiger partial charge in [0.1, 0.15) is 5.60 Å². The molecule has 0 bridgehead atoms. The van der Waals surface area contributed by atoms with Crippen LogP contribution in [0.4, 0.5) is 4.79 Å². The number of hydrogen-bond donors (Lipinski definition) is 2. The third-order valence-corrected chi connectivity index (χ3v) is 6.00. The summed E-state index contributed by atoms with van der Waals surface area (Å²) in [6, 6.07) is 1.19. The third kappa shape index (κ3) is 5.65. The van der Waals surface area contributed by atoms with Crippen molar-refractivity contribution in [3.05, 3.63) is 0 Å². The fourth-order valence-corrected chi connectivity index (χ4v) is 4.53. The molecular weight excluding hydrogens is 300 g/mol. The van der Waals surface area contributed by atoms with Crippen LogP contribution in [0.1, 0.15) is 79.6 Å². The predicted octanol–water partition coefficient (Wildman–Crippen LogP) is 4.48. The third-order valence-electron chi connectivity index (χ3n) is 6.00. The molecule has 0 radical (unpaired) electrons. The molecule has 5 unspecified atom stereocenters. The summed E-state index contributed by atoms with van der Waals surface area (Å²) in [5.41, 5.74) is -0.428. The second kappa shape index (κ2) is 8.55. The highest BCUT2D eigenvalue weighted by Gasteiger charge is 2.35. The van der Waals surface area contributed by atoms with E-state index >= 15 is 0 Å². The highest BCUT2D eigenvalue weighted by atomic mass is 16.6. The Balaban J connectivity index is 1.83. The molecule has 0 saturated heterocycles. The Bertz CT molecular complexity index is 405. The van der Waals surface area contributed by atoms with Crippen molar-refractivity contribution in [1.82, 2.24) is 10.6 Å². The average Bonchev–Trinajstić information content (AvgIpc) is 2.85. The molecule has 2 rings (SSSR count). The van der Waals surface area contributed by atoms with Crippen molar-refractivity contribution in [3.63, 3.8) is 0 Å². The maximum Gasteiger partial charge on any atom is 0.407 e. The molecule has 4 heteroatoms. The minimum Gasteiger partial charge on any atom is -0.444 e. The van der Waals surface area contributed by atoms with Gasteiger partial charge in [-0.05, 0) is 64.2 Å². The number of ether oxygens (including phenoxy) is 1. The lowest BCUT2D eigenvalue weighted by Crippen LogP contribution is -2.49. The fraction of sp³-hybridized carbons (Fsp3) is 0.950. The predicted molar refractivity (Wildman–Crippen MR) is 99.1 cm³/mol. The Morgan fingerprint density at radius 2 is 1.75 bits per heavy atom. The first-order chi connectivity index (χ1) is 11.3. The molecule has 0 aromatic heterocycles. The number of carbonyl (C=O) groups excluding carboxylic acids is 1. The largest absolute Gasteiger partial charge is 0.444 e. The molecular formula is C20H38N2O2.